The molecule has 0 aromatic heterocycles. The summed E-state index contributed by atoms with van der Waals surface area (Å²) in [4.78, 5) is 6.82. The molecule has 3 N–H and O–H groups in total. The summed E-state index contributed by atoms with van der Waals surface area (Å²) in [7, 11) is 0. The Kier molecular flexibility index (Phi) is 5.07. The van der Waals surface area contributed by atoms with E-state index in [0.717, 1.165) is 44.0 Å². The van der Waals surface area contributed by atoms with Gasteiger partial charge in [-0.2, -0.15) is 0 Å². The third kappa shape index (κ3) is 3.99. The van der Waals surface area contributed by atoms with E-state index in [1.807, 2.05) is 0 Å². The van der Waals surface area contributed by atoms with E-state index in [-0.39, 0.29) is 0 Å². The number of hydrogen-bond donors (Lipinski definition) is 2. The Morgan fingerprint density at radius 3 is 2.62 bits per heavy atom. The molecule has 0 spiro atoms. The van der Waals surface area contributed by atoms with Gasteiger partial charge in [0, 0.05) is 24.5 Å². The summed E-state index contributed by atoms with van der Waals surface area (Å²) in [5, 5.41) is 3.21. The Hall–Kier alpha value is -2.53. The summed E-state index contributed by atoms with van der Waals surface area (Å²) in [6, 6.07) is 15.0. The molecule has 0 unspecified atom stereocenters. The largest absolute Gasteiger partial charge is 0.378 e. The number of morpholine rings is 1. The maximum Gasteiger partial charge on any atom is 0.193 e. The second-order valence-electron chi connectivity index (χ2n) is 6.93. The molecule has 0 radical (unpaired) electrons. The second kappa shape index (κ2) is 7.79. The molecular formula is C21H26N4O. The lowest BCUT2D eigenvalue weighted by Gasteiger charge is -2.28. The van der Waals surface area contributed by atoms with Crippen molar-refractivity contribution in [3.8, 4) is 0 Å². The Morgan fingerprint density at radius 1 is 1.04 bits per heavy atom. The van der Waals surface area contributed by atoms with Crippen molar-refractivity contribution >= 4 is 17.3 Å². The quantitative estimate of drug-likeness (QED) is 0.657. The molecular weight excluding hydrogens is 324 g/mol. The number of rotatable bonds is 4. The van der Waals surface area contributed by atoms with Crippen LogP contribution in [-0.2, 0) is 24.1 Å². The van der Waals surface area contributed by atoms with Crippen LogP contribution in [0.3, 0.4) is 0 Å². The van der Waals surface area contributed by atoms with E-state index in [0.29, 0.717) is 12.5 Å². The van der Waals surface area contributed by atoms with E-state index >= 15 is 0 Å². The molecule has 0 bridgehead atoms. The molecule has 26 heavy (non-hydrogen) atoms. The number of hydrogen-bond acceptors (Lipinski definition) is 3. The van der Waals surface area contributed by atoms with Crippen LogP contribution >= 0.6 is 0 Å². The van der Waals surface area contributed by atoms with Crippen LogP contribution in [0.25, 0.3) is 0 Å². The summed E-state index contributed by atoms with van der Waals surface area (Å²) < 4.78 is 5.40. The van der Waals surface area contributed by atoms with Gasteiger partial charge in [-0.15, -0.1) is 0 Å². The number of nitrogens with one attached hydrogen (secondary N) is 1. The predicted octanol–water partition coefficient (Wildman–Crippen LogP) is 2.94. The number of fused-ring (bicyclic) bond motifs is 1. The van der Waals surface area contributed by atoms with Gasteiger partial charge < -0.3 is 20.7 Å². The normalized spacial score (nSPS) is 17.2. The van der Waals surface area contributed by atoms with Crippen molar-refractivity contribution < 1.29 is 4.74 Å². The second-order valence-corrected chi connectivity index (χ2v) is 6.93. The zero-order chi connectivity index (χ0) is 17.8. The van der Waals surface area contributed by atoms with Gasteiger partial charge in [-0.05, 0) is 60.2 Å². The third-order valence-electron chi connectivity index (χ3n) is 5.12. The van der Waals surface area contributed by atoms with Crippen LogP contribution in [0.4, 0.5) is 11.4 Å². The summed E-state index contributed by atoms with van der Waals surface area (Å²) in [5.74, 6) is 0.459. The first-order valence-electron chi connectivity index (χ1n) is 9.38. The van der Waals surface area contributed by atoms with Crippen LogP contribution in [-0.4, -0.2) is 32.3 Å². The fourth-order valence-electron chi connectivity index (χ4n) is 3.65. The monoisotopic (exact) mass is 350 g/mol. The van der Waals surface area contributed by atoms with E-state index in [1.165, 1.54) is 29.7 Å². The molecule has 1 aliphatic carbocycles. The molecule has 1 saturated heterocycles. The van der Waals surface area contributed by atoms with Crippen LogP contribution in [0.5, 0.6) is 0 Å². The number of benzene rings is 2. The van der Waals surface area contributed by atoms with E-state index in [2.05, 4.69) is 57.7 Å². The minimum absolute atomic E-state index is 0.459. The maximum absolute atomic E-state index is 6.06. The van der Waals surface area contributed by atoms with Gasteiger partial charge in [-0.3, -0.25) is 0 Å². The molecule has 2 aromatic rings. The van der Waals surface area contributed by atoms with Crippen molar-refractivity contribution in [3.05, 3.63) is 59.2 Å². The number of aryl methyl sites for hydroxylation is 2. The van der Waals surface area contributed by atoms with Crippen LogP contribution in [0.15, 0.2) is 47.5 Å². The number of anilines is 2. The Balaban J connectivity index is 1.34. The Bertz CT molecular complexity index is 779. The van der Waals surface area contributed by atoms with Crippen molar-refractivity contribution in [3.63, 3.8) is 0 Å². The van der Waals surface area contributed by atoms with Gasteiger partial charge in [0.05, 0.1) is 19.8 Å². The van der Waals surface area contributed by atoms with Gasteiger partial charge in [0.25, 0.3) is 0 Å². The standard InChI is InChI=1S/C21H26N4O/c22-21(24-19-7-6-17-2-1-3-18(17)14-19)23-15-16-4-8-20(9-5-16)25-10-12-26-13-11-25/h4-9,14H,1-3,10-13,15H2,(H3,22,23,24). The molecule has 1 aliphatic heterocycles. The summed E-state index contributed by atoms with van der Waals surface area (Å²) >= 11 is 0. The van der Waals surface area contributed by atoms with E-state index < -0.39 is 0 Å². The van der Waals surface area contributed by atoms with E-state index in [1.54, 1.807) is 0 Å². The van der Waals surface area contributed by atoms with E-state index in [9.17, 15) is 0 Å². The smallest absolute Gasteiger partial charge is 0.193 e. The SMILES string of the molecule is NC(=NCc1ccc(N2CCOCC2)cc1)Nc1ccc2c(c1)CCC2. The molecule has 1 heterocycles. The minimum atomic E-state index is 0.459. The number of guanidine groups is 1. The zero-order valence-electron chi connectivity index (χ0n) is 15.1. The highest BCUT2D eigenvalue weighted by Gasteiger charge is 2.11. The summed E-state index contributed by atoms with van der Waals surface area (Å²) in [6.07, 6.45) is 3.61. The molecule has 0 saturated carbocycles. The van der Waals surface area contributed by atoms with Crippen LogP contribution in [0.2, 0.25) is 0 Å². The lowest BCUT2D eigenvalue weighted by molar-refractivity contribution is 0.122. The van der Waals surface area contributed by atoms with Gasteiger partial charge in [0.1, 0.15) is 0 Å². The topological polar surface area (TPSA) is 62.9 Å². The number of nitrogens with two attached hydrogens (primary N) is 1. The molecule has 0 amide bonds. The minimum Gasteiger partial charge on any atom is -0.378 e. The highest BCUT2D eigenvalue weighted by Crippen LogP contribution is 2.24. The van der Waals surface area contributed by atoms with Crippen molar-refractivity contribution in [1.82, 2.24) is 0 Å². The Morgan fingerprint density at radius 2 is 1.81 bits per heavy atom. The first-order valence-corrected chi connectivity index (χ1v) is 9.38. The molecule has 4 rings (SSSR count). The van der Waals surface area contributed by atoms with Crippen molar-refractivity contribution in [2.75, 3.05) is 36.5 Å². The summed E-state index contributed by atoms with van der Waals surface area (Å²) in [6.45, 7) is 4.09. The van der Waals surface area contributed by atoms with Gasteiger partial charge in [-0.1, -0.05) is 18.2 Å². The van der Waals surface area contributed by atoms with Gasteiger partial charge in [-0.25, -0.2) is 4.99 Å². The highest BCUT2D eigenvalue weighted by atomic mass is 16.5. The van der Waals surface area contributed by atoms with Gasteiger partial charge >= 0.3 is 0 Å². The van der Waals surface area contributed by atoms with Gasteiger partial charge in [0.15, 0.2) is 5.96 Å². The fraction of sp³-hybridized carbons (Fsp3) is 0.381. The molecule has 1 fully saturated rings. The first-order chi connectivity index (χ1) is 12.8. The number of ether oxygens (including phenoxy) is 1. The lowest BCUT2D eigenvalue weighted by atomic mass is 10.1. The molecule has 5 nitrogen and oxygen atoms in total. The highest BCUT2D eigenvalue weighted by molar-refractivity contribution is 5.92. The molecule has 2 aliphatic rings. The lowest BCUT2D eigenvalue weighted by Crippen LogP contribution is -2.36. The average Bonchev–Trinajstić information content (AvgIpc) is 3.15. The summed E-state index contributed by atoms with van der Waals surface area (Å²) in [5.41, 5.74) is 12.4. The predicted molar refractivity (Wildman–Crippen MR) is 107 cm³/mol. The average molecular weight is 350 g/mol. The first kappa shape index (κ1) is 16.9. The van der Waals surface area contributed by atoms with Crippen molar-refractivity contribution in [1.29, 1.82) is 0 Å². The maximum atomic E-state index is 6.06. The van der Waals surface area contributed by atoms with Crippen LogP contribution in [0, 0.1) is 0 Å². The van der Waals surface area contributed by atoms with E-state index in [4.69, 9.17) is 10.5 Å². The zero-order valence-corrected chi connectivity index (χ0v) is 15.1. The molecule has 136 valence electrons. The Labute approximate surface area is 154 Å². The number of nitrogens with zero attached hydrogens (tertiary/aromatic N) is 2. The van der Waals surface area contributed by atoms with Crippen molar-refractivity contribution in [2.45, 2.75) is 25.8 Å². The van der Waals surface area contributed by atoms with Crippen LogP contribution < -0.4 is 16.0 Å². The molecule has 0 atom stereocenters. The number of aliphatic imine (C=N–C) groups is 1. The third-order valence-corrected chi connectivity index (χ3v) is 5.12. The van der Waals surface area contributed by atoms with Gasteiger partial charge in [0.2, 0.25) is 0 Å². The fourth-order valence-corrected chi connectivity index (χ4v) is 3.65. The van der Waals surface area contributed by atoms with Crippen LogP contribution in [0.1, 0.15) is 23.1 Å². The molecule has 2 aromatic carbocycles. The van der Waals surface area contributed by atoms with Crippen molar-refractivity contribution in [2.24, 2.45) is 10.7 Å². The molecule has 5 heteroatoms.